The van der Waals surface area contributed by atoms with Crippen molar-refractivity contribution in [1.82, 2.24) is 10.2 Å². The second kappa shape index (κ2) is 5.71. The van der Waals surface area contributed by atoms with Crippen molar-refractivity contribution in [2.24, 2.45) is 0 Å². The van der Waals surface area contributed by atoms with Gasteiger partial charge in [0.1, 0.15) is 11.4 Å². The average molecular weight is 278 g/mol. The summed E-state index contributed by atoms with van der Waals surface area (Å²) < 4.78 is 5.30. The molecule has 1 aromatic carbocycles. The van der Waals surface area contributed by atoms with E-state index in [-0.39, 0.29) is 11.8 Å². The molecule has 1 fully saturated rings. The topological polar surface area (TPSA) is 61.8 Å². The molecule has 0 aromatic heterocycles. The molecule has 20 heavy (non-hydrogen) atoms. The summed E-state index contributed by atoms with van der Waals surface area (Å²) >= 11 is 0. The van der Waals surface area contributed by atoms with Crippen molar-refractivity contribution in [2.75, 3.05) is 13.1 Å². The van der Waals surface area contributed by atoms with Gasteiger partial charge in [0, 0.05) is 25.7 Å². The summed E-state index contributed by atoms with van der Waals surface area (Å²) in [6.07, 6.45) is -0.250. The van der Waals surface area contributed by atoms with Crippen LogP contribution in [0.2, 0.25) is 0 Å². The van der Waals surface area contributed by atoms with Crippen LogP contribution in [0.25, 0.3) is 0 Å². The van der Waals surface area contributed by atoms with Crippen LogP contribution in [-0.2, 0) is 11.3 Å². The Balaban J connectivity index is 1.69. The summed E-state index contributed by atoms with van der Waals surface area (Å²) in [5.74, 6) is 0.272. The molecule has 0 unspecified atom stereocenters. The van der Waals surface area contributed by atoms with Crippen LogP contribution in [0, 0.1) is 0 Å². The molecule has 0 atom stereocenters. The van der Waals surface area contributed by atoms with Gasteiger partial charge in [-0.05, 0) is 38.5 Å². The molecule has 0 bridgehead atoms. The number of aromatic hydroxyl groups is 1. The summed E-state index contributed by atoms with van der Waals surface area (Å²) in [6.45, 7) is 7.68. The van der Waals surface area contributed by atoms with Crippen LogP contribution in [0.4, 0.5) is 4.79 Å². The van der Waals surface area contributed by atoms with Gasteiger partial charge in [0.25, 0.3) is 0 Å². The van der Waals surface area contributed by atoms with Crippen molar-refractivity contribution in [2.45, 2.75) is 39.0 Å². The first kappa shape index (κ1) is 14.7. The molecule has 0 aliphatic carbocycles. The Morgan fingerprint density at radius 1 is 1.35 bits per heavy atom. The number of likely N-dealkylation sites (tertiary alicyclic amines) is 1. The minimum atomic E-state index is -0.443. The van der Waals surface area contributed by atoms with E-state index in [1.807, 2.05) is 32.9 Å². The Morgan fingerprint density at radius 3 is 2.50 bits per heavy atom. The van der Waals surface area contributed by atoms with E-state index in [0.29, 0.717) is 19.1 Å². The van der Waals surface area contributed by atoms with Gasteiger partial charge in [-0.2, -0.15) is 0 Å². The van der Waals surface area contributed by atoms with Crippen molar-refractivity contribution in [3.8, 4) is 5.75 Å². The molecule has 1 heterocycles. The van der Waals surface area contributed by atoms with Crippen LogP contribution < -0.4 is 5.32 Å². The highest BCUT2D eigenvalue weighted by atomic mass is 16.6. The number of hydrogen-bond donors (Lipinski definition) is 2. The SMILES string of the molecule is CC(C)(C)OC(=O)N1CC(NCc2ccc(O)cc2)C1. The summed E-state index contributed by atoms with van der Waals surface area (Å²) in [5, 5.41) is 12.6. The third-order valence-corrected chi connectivity index (χ3v) is 3.06. The zero-order chi connectivity index (χ0) is 14.8. The van der Waals surface area contributed by atoms with Gasteiger partial charge in [-0.25, -0.2) is 4.79 Å². The number of phenols is 1. The minimum absolute atomic E-state index is 0.250. The molecule has 5 nitrogen and oxygen atoms in total. The minimum Gasteiger partial charge on any atom is -0.508 e. The summed E-state index contributed by atoms with van der Waals surface area (Å²) in [4.78, 5) is 13.4. The van der Waals surface area contributed by atoms with E-state index in [1.165, 1.54) is 0 Å². The number of carbonyl (C=O) groups is 1. The van der Waals surface area contributed by atoms with Crippen molar-refractivity contribution in [3.05, 3.63) is 29.8 Å². The second-order valence-electron chi connectivity index (χ2n) is 6.13. The van der Waals surface area contributed by atoms with Gasteiger partial charge in [-0.3, -0.25) is 0 Å². The lowest BCUT2D eigenvalue weighted by molar-refractivity contribution is 0.00518. The Labute approximate surface area is 119 Å². The average Bonchev–Trinajstić information content (AvgIpc) is 2.27. The summed E-state index contributed by atoms with van der Waals surface area (Å²) in [7, 11) is 0. The van der Waals surface area contributed by atoms with E-state index in [0.717, 1.165) is 12.1 Å². The van der Waals surface area contributed by atoms with E-state index in [9.17, 15) is 9.90 Å². The molecule has 1 aliphatic heterocycles. The van der Waals surface area contributed by atoms with Crippen molar-refractivity contribution in [3.63, 3.8) is 0 Å². The molecular formula is C15H22N2O3. The number of rotatable bonds is 3. The van der Waals surface area contributed by atoms with Crippen LogP contribution in [-0.4, -0.2) is 40.8 Å². The highest BCUT2D eigenvalue weighted by Gasteiger charge is 2.33. The van der Waals surface area contributed by atoms with Gasteiger partial charge in [0.15, 0.2) is 0 Å². The monoisotopic (exact) mass is 278 g/mol. The van der Waals surface area contributed by atoms with Gasteiger partial charge in [-0.1, -0.05) is 12.1 Å². The van der Waals surface area contributed by atoms with E-state index >= 15 is 0 Å². The number of hydrogen-bond acceptors (Lipinski definition) is 4. The van der Waals surface area contributed by atoms with E-state index in [4.69, 9.17) is 4.74 Å². The number of ether oxygens (including phenoxy) is 1. The number of amides is 1. The first-order valence-corrected chi connectivity index (χ1v) is 6.83. The van der Waals surface area contributed by atoms with Gasteiger partial charge in [0.05, 0.1) is 0 Å². The van der Waals surface area contributed by atoms with E-state index in [1.54, 1.807) is 17.0 Å². The number of nitrogens with one attached hydrogen (secondary N) is 1. The molecule has 5 heteroatoms. The quantitative estimate of drug-likeness (QED) is 0.889. The number of benzene rings is 1. The largest absolute Gasteiger partial charge is 0.508 e. The Morgan fingerprint density at radius 2 is 1.95 bits per heavy atom. The first-order valence-electron chi connectivity index (χ1n) is 6.83. The predicted octanol–water partition coefficient (Wildman–Crippen LogP) is 2.10. The third-order valence-electron chi connectivity index (χ3n) is 3.06. The highest BCUT2D eigenvalue weighted by molar-refractivity contribution is 5.69. The Kier molecular flexibility index (Phi) is 4.18. The van der Waals surface area contributed by atoms with E-state index in [2.05, 4.69) is 5.32 Å². The number of phenolic OH excluding ortho intramolecular Hbond substituents is 1. The predicted molar refractivity (Wildman–Crippen MR) is 76.5 cm³/mol. The lowest BCUT2D eigenvalue weighted by atomic mass is 10.1. The smallest absolute Gasteiger partial charge is 0.410 e. The molecule has 0 radical (unpaired) electrons. The molecule has 1 amide bonds. The maximum Gasteiger partial charge on any atom is 0.410 e. The fourth-order valence-electron chi connectivity index (χ4n) is 1.96. The number of carbonyl (C=O) groups excluding carboxylic acids is 1. The lowest BCUT2D eigenvalue weighted by Crippen LogP contribution is -2.60. The molecule has 2 rings (SSSR count). The van der Waals surface area contributed by atoms with E-state index < -0.39 is 5.60 Å². The highest BCUT2D eigenvalue weighted by Crippen LogP contribution is 2.16. The van der Waals surface area contributed by atoms with Crippen LogP contribution in [0.3, 0.4) is 0 Å². The maximum absolute atomic E-state index is 11.7. The molecule has 0 spiro atoms. The number of nitrogens with zero attached hydrogens (tertiary/aromatic N) is 1. The van der Waals surface area contributed by atoms with Gasteiger partial charge in [0.2, 0.25) is 0 Å². The molecular weight excluding hydrogens is 256 g/mol. The van der Waals surface area contributed by atoms with Crippen LogP contribution >= 0.6 is 0 Å². The fourth-order valence-corrected chi connectivity index (χ4v) is 1.96. The second-order valence-corrected chi connectivity index (χ2v) is 6.13. The molecule has 1 aliphatic rings. The lowest BCUT2D eigenvalue weighted by Gasteiger charge is -2.40. The molecule has 1 aromatic rings. The van der Waals surface area contributed by atoms with Crippen LogP contribution in [0.1, 0.15) is 26.3 Å². The Bertz CT molecular complexity index is 459. The molecule has 110 valence electrons. The zero-order valence-electron chi connectivity index (χ0n) is 12.2. The summed E-state index contributed by atoms with van der Waals surface area (Å²) in [5.41, 5.74) is 0.667. The van der Waals surface area contributed by atoms with Crippen LogP contribution in [0.15, 0.2) is 24.3 Å². The van der Waals surface area contributed by atoms with Gasteiger partial charge >= 0.3 is 6.09 Å². The molecule has 0 saturated carbocycles. The zero-order valence-corrected chi connectivity index (χ0v) is 12.2. The normalized spacial score (nSPS) is 15.8. The third kappa shape index (κ3) is 4.13. The van der Waals surface area contributed by atoms with Crippen molar-refractivity contribution in [1.29, 1.82) is 0 Å². The maximum atomic E-state index is 11.7. The molecule has 1 saturated heterocycles. The summed E-state index contributed by atoms with van der Waals surface area (Å²) in [6, 6.07) is 7.41. The van der Waals surface area contributed by atoms with Crippen molar-refractivity contribution >= 4 is 6.09 Å². The standard InChI is InChI=1S/C15H22N2O3/c1-15(2,3)20-14(19)17-9-12(10-17)16-8-11-4-6-13(18)7-5-11/h4-7,12,16,18H,8-10H2,1-3H3. The van der Waals surface area contributed by atoms with Crippen LogP contribution in [0.5, 0.6) is 5.75 Å². The van der Waals surface area contributed by atoms with Gasteiger partial charge in [-0.15, -0.1) is 0 Å². The molecule has 2 N–H and O–H groups in total. The van der Waals surface area contributed by atoms with Gasteiger partial charge < -0.3 is 20.1 Å². The fraction of sp³-hybridized carbons (Fsp3) is 0.533. The Hall–Kier alpha value is -1.75. The van der Waals surface area contributed by atoms with Crippen molar-refractivity contribution < 1.29 is 14.6 Å². The first-order chi connectivity index (χ1) is 9.33.